The van der Waals surface area contributed by atoms with Crippen LogP contribution in [0.15, 0.2) is 61.1 Å². The zero-order valence-electron chi connectivity index (χ0n) is 21.0. The lowest BCUT2D eigenvalue weighted by Crippen LogP contribution is -2.46. The second-order valence-electron chi connectivity index (χ2n) is 8.91. The molecule has 0 radical (unpaired) electrons. The second-order valence-corrected chi connectivity index (χ2v) is 8.91. The Kier molecular flexibility index (Phi) is 7.53. The number of pyridine rings is 1. The third-order valence-corrected chi connectivity index (χ3v) is 6.13. The number of nitrogens with zero attached hydrogens (tertiary/aromatic N) is 5. The average Bonchev–Trinajstić information content (AvgIpc) is 3.41. The molecule has 3 N–H and O–H groups in total. The summed E-state index contributed by atoms with van der Waals surface area (Å²) in [6.45, 7) is 2.18. The van der Waals surface area contributed by atoms with Crippen molar-refractivity contribution < 1.29 is 18.7 Å². The number of aromatic nitrogens is 5. The van der Waals surface area contributed by atoms with Gasteiger partial charge in [-0.3, -0.25) is 9.78 Å². The Morgan fingerprint density at radius 1 is 1.13 bits per heavy atom. The Labute approximate surface area is 223 Å². The molecule has 1 aliphatic heterocycles. The van der Waals surface area contributed by atoms with E-state index >= 15 is 0 Å². The summed E-state index contributed by atoms with van der Waals surface area (Å²) in [4.78, 5) is 33.4. The molecule has 5 rings (SSSR count). The van der Waals surface area contributed by atoms with Crippen LogP contribution in [0.25, 0.3) is 22.6 Å². The van der Waals surface area contributed by atoms with Gasteiger partial charge in [0.25, 0.3) is 0 Å². The molecule has 1 fully saturated rings. The molecular weight excluding hydrogens is 503 g/mol. The van der Waals surface area contributed by atoms with E-state index in [-0.39, 0.29) is 37.9 Å². The Bertz CT molecular complexity index is 1480. The van der Waals surface area contributed by atoms with Crippen molar-refractivity contribution in [3.05, 3.63) is 72.7 Å². The first-order valence-electron chi connectivity index (χ1n) is 12.2. The lowest BCUT2D eigenvalue weighted by molar-refractivity contribution is -0.282. The number of carbonyl (C=O) groups excluding carboxylic acids is 1. The summed E-state index contributed by atoms with van der Waals surface area (Å²) in [7, 11) is 0. The van der Waals surface area contributed by atoms with E-state index in [0.717, 1.165) is 5.69 Å². The molecule has 4 heterocycles. The number of hydrogen-bond acceptors (Lipinski definition) is 9. The molecule has 3 aromatic heterocycles. The number of amides is 1. The van der Waals surface area contributed by atoms with Gasteiger partial charge in [-0.2, -0.15) is 5.26 Å². The van der Waals surface area contributed by atoms with Crippen molar-refractivity contribution in [3.63, 3.8) is 0 Å². The van der Waals surface area contributed by atoms with E-state index in [1.54, 1.807) is 55.8 Å². The molecule has 4 aromatic rings. The number of nitrogens with one attached hydrogen (secondary N) is 3. The number of rotatable bonds is 8. The number of aromatic amines is 1. The van der Waals surface area contributed by atoms with Crippen LogP contribution in [0.4, 0.5) is 16.0 Å². The molecule has 1 saturated heterocycles. The molecule has 11 nitrogen and oxygen atoms in total. The lowest BCUT2D eigenvalue weighted by atomic mass is 10.1. The number of carbonyl (C=O) groups is 1. The number of hydrogen-bond donors (Lipinski definition) is 3. The van der Waals surface area contributed by atoms with Crippen LogP contribution < -0.4 is 10.6 Å². The van der Waals surface area contributed by atoms with Crippen LogP contribution >= 0.6 is 0 Å². The Hall–Kier alpha value is -4.73. The first-order chi connectivity index (χ1) is 18.9. The van der Waals surface area contributed by atoms with E-state index in [4.69, 9.17) is 19.7 Å². The maximum absolute atomic E-state index is 13.7. The van der Waals surface area contributed by atoms with Gasteiger partial charge in [0.2, 0.25) is 17.6 Å². The van der Waals surface area contributed by atoms with Crippen molar-refractivity contribution in [2.24, 2.45) is 5.92 Å². The molecule has 0 bridgehead atoms. The zero-order chi connectivity index (χ0) is 27.2. The number of H-pyrrole nitrogens is 1. The first kappa shape index (κ1) is 25.9. The quantitative estimate of drug-likeness (QED) is 0.291. The van der Waals surface area contributed by atoms with Crippen LogP contribution in [0.1, 0.15) is 19.2 Å². The fraction of sp³-hybridized carbons (Fsp3) is 0.259. The van der Waals surface area contributed by atoms with E-state index in [0.29, 0.717) is 34.4 Å². The summed E-state index contributed by atoms with van der Waals surface area (Å²) in [6.07, 6.45) is 5.16. The smallest absolute Gasteiger partial charge is 0.227 e. The van der Waals surface area contributed by atoms with Gasteiger partial charge in [-0.15, -0.1) is 0 Å². The van der Waals surface area contributed by atoms with Crippen LogP contribution in [-0.4, -0.2) is 50.6 Å². The Morgan fingerprint density at radius 3 is 2.59 bits per heavy atom. The second kappa shape index (κ2) is 11.3. The van der Waals surface area contributed by atoms with Gasteiger partial charge in [-0.25, -0.2) is 19.3 Å². The molecule has 1 aromatic carbocycles. The molecule has 0 aliphatic carbocycles. The van der Waals surface area contributed by atoms with Crippen LogP contribution in [0.2, 0.25) is 0 Å². The highest BCUT2D eigenvalue weighted by Crippen LogP contribution is 2.36. The third kappa shape index (κ3) is 5.90. The molecule has 0 unspecified atom stereocenters. The first-order valence-corrected chi connectivity index (χ1v) is 12.2. The van der Waals surface area contributed by atoms with Crippen LogP contribution in [0, 0.1) is 23.1 Å². The maximum Gasteiger partial charge on any atom is 0.227 e. The zero-order valence-corrected chi connectivity index (χ0v) is 21.0. The van der Waals surface area contributed by atoms with Gasteiger partial charge in [0.05, 0.1) is 48.7 Å². The van der Waals surface area contributed by atoms with Gasteiger partial charge in [0.1, 0.15) is 5.82 Å². The minimum Gasteiger partial charge on any atom is -0.355 e. The topological polar surface area (TPSA) is 151 Å². The monoisotopic (exact) mass is 528 g/mol. The SMILES string of the molecule is CC1(c2nc(-c3ccc(F)cc3)c(-c3ccnc(Nc4ccncc4)n3)[nH]2)OCC(C(=O)NCCC#N)CO1. The summed E-state index contributed by atoms with van der Waals surface area (Å²) in [5.41, 5.74) is 3.04. The summed E-state index contributed by atoms with van der Waals surface area (Å²) in [5, 5.41) is 14.5. The molecule has 0 atom stereocenters. The van der Waals surface area contributed by atoms with E-state index < -0.39 is 11.7 Å². The fourth-order valence-electron chi connectivity index (χ4n) is 4.00. The fourth-order valence-corrected chi connectivity index (χ4v) is 4.00. The van der Waals surface area contributed by atoms with Crippen molar-refractivity contribution in [3.8, 4) is 28.7 Å². The minimum absolute atomic E-state index is 0.101. The van der Waals surface area contributed by atoms with Gasteiger partial charge < -0.3 is 25.1 Å². The lowest BCUT2D eigenvalue weighted by Gasteiger charge is -2.35. The predicted octanol–water partition coefficient (Wildman–Crippen LogP) is 3.68. The Morgan fingerprint density at radius 2 is 1.87 bits per heavy atom. The summed E-state index contributed by atoms with van der Waals surface area (Å²) >= 11 is 0. The standard InChI is InChI=1S/C27H25FN8O3/c1-27(38-15-18(16-39-27)24(37)31-11-2-10-29)25-35-22(17-3-5-19(28)6-4-17)23(36-25)21-9-14-32-26(34-21)33-20-7-12-30-13-8-20/h3-9,12-14,18H,2,11,15-16H2,1H3,(H,31,37)(H,35,36)(H,30,32,33,34). The highest BCUT2D eigenvalue weighted by atomic mass is 19.1. The number of halogens is 1. The van der Waals surface area contributed by atoms with Gasteiger partial charge >= 0.3 is 0 Å². The van der Waals surface area contributed by atoms with Crippen LogP contribution in [0.3, 0.4) is 0 Å². The van der Waals surface area contributed by atoms with Crippen LogP contribution in [0.5, 0.6) is 0 Å². The molecule has 1 aliphatic rings. The molecular formula is C27H25FN8O3. The van der Waals surface area contributed by atoms with Crippen molar-refractivity contribution >= 4 is 17.5 Å². The number of anilines is 2. The number of imidazole rings is 1. The molecule has 1 amide bonds. The van der Waals surface area contributed by atoms with Gasteiger partial charge in [0, 0.05) is 36.4 Å². The van der Waals surface area contributed by atoms with E-state index in [1.165, 1.54) is 12.1 Å². The highest BCUT2D eigenvalue weighted by Gasteiger charge is 2.40. The largest absolute Gasteiger partial charge is 0.355 e. The van der Waals surface area contributed by atoms with Gasteiger partial charge in [-0.1, -0.05) is 0 Å². The number of nitriles is 1. The number of benzene rings is 1. The maximum atomic E-state index is 13.7. The highest BCUT2D eigenvalue weighted by molar-refractivity contribution is 5.79. The summed E-state index contributed by atoms with van der Waals surface area (Å²) in [6, 6.07) is 13.3. The normalized spacial score (nSPS) is 18.7. The van der Waals surface area contributed by atoms with E-state index in [9.17, 15) is 9.18 Å². The van der Waals surface area contributed by atoms with E-state index in [2.05, 4.69) is 30.6 Å². The van der Waals surface area contributed by atoms with Crippen molar-refractivity contribution in [1.82, 2.24) is 30.2 Å². The van der Waals surface area contributed by atoms with Crippen molar-refractivity contribution in [1.29, 1.82) is 5.26 Å². The summed E-state index contributed by atoms with van der Waals surface area (Å²) < 4.78 is 25.7. The molecule has 39 heavy (non-hydrogen) atoms. The van der Waals surface area contributed by atoms with Crippen molar-refractivity contribution in [2.75, 3.05) is 25.1 Å². The molecule has 0 saturated carbocycles. The van der Waals surface area contributed by atoms with Gasteiger partial charge in [-0.05, 0) is 49.4 Å². The minimum atomic E-state index is -1.28. The predicted molar refractivity (Wildman–Crippen MR) is 139 cm³/mol. The Balaban J connectivity index is 1.44. The van der Waals surface area contributed by atoms with Crippen molar-refractivity contribution in [2.45, 2.75) is 19.1 Å². The van der Waals surface area contributed by atoms with E-state index in [1.807, 2.05) is 6.07 Å². The number of ether oxygens (including phenoxy) is 2. The van der Waals surface area contributed by atoms with Gasteiger partial charge in [0.15, 0.2) is 5.82 Å². The summed E-state index contributed by atoms with van der Waals surface area (Å²) in [5.74, 6) is -1.68. The average molecular weight is 529 g/mol. The molecule has 0 spiro atoms. The molecule has 12 heteroatoms. The third-order valence-electron chi connectivity index (χ3n) is 6.13. The van der Waals surface area contributed by atoms with Crippen LogP contribution in [-0.2, 0) is 20.1 Å². The molecule has 198 valence electrons.